The Bertz CT molecular complexity index is 346. The van der Waals surface area contributed by atoms with Crippen molar-refractivity contribution in [2.24, 2.45) is 0 Å². The van der Waals surface area contributed by atoms with Crippen molar-refractivity contribution in [3.05, 3.63) is 47.7 Å². The highest BCUT2D eigenvalue weighted by Gasteiger charge is 2.12. The second kappa shape index (κ2) is 6.45. The molecule has 2 heteroatoms. The molecule has 1 rings (SSSR count). The van der Waals surface area contributed by atoms with Gasteiger partial charge in [-0.25, -0.2) is 0 Å². The van der Waals surface area contributed by atoms with Crippen LogP contribution in [0.5, 0.6) is 0 Å². The van der Waals surface area contributed by atoms with E-state index in [-0.39, 0.29) is 5.41 Å². The van der Waals surface area contributed by atoms with Gasteiger partial charge in [0.15, 0.2) is 0 Å². The van der Waals surface area contributed by atoms with E-state index in [2.05, 4.69) is 56.6 Å². The molecular formula is C15H23NO. The minimum Gasteiger partial charge on any atom is -0.280 e. The Balaban J connectivity index is 2.46. The minimum atomic E-state index is 0.237. The average Bonchev–Trinajstić information content (AvgIpc) is 2.28. The molecule has 0 heterocycles. The number of allylic oxidation sites excluding steroid dienone is 1. The lowest BCUT2D eigenvalue weighted by Crippen LogP contribution is -2.10. The number of hydroxylamine groups is 1. The quantitative estimate of drug-likeness (QED) is 0.785. The van der Waals surface area contributed by atoms with Gasteiger partial charge < -0.3 is 0 Å². The summed E-state index contributed by atoms with van der Waals surface area (Å²) in [7, 11) is 1.61. The average molecular weight is 233 g/mol. The molecule has 0 bridgehead atoms. The van der Waals surface area contributed by atoms with Gasteiger partial charge in [-0.15, -0.1) is 0 Å². The van der Waals surface area contributed by atoms with Crippen LogP contribution in [0.25, 0.3) is 0 Å². The zero-order chi connectivity index (χ0) is 12.7. The van der Waals surface area contributed by atoms with Gasteiger partial charge in [-0.1, -0.05) is 51.1 Å². The minimum absolute atomic E-state index is 0.237. The molecule has 0 saturated carbocycles. The third kappa shape index (κ3) is 5.05. The van der Waals surface area contributed by atoms with Crippen LogP contribution in [0.1, 0.15) is 38.3 Å². The Labute approximate surface area is 105 Å². The van der Waals surface area contributed by atoms with Crippen LogP contribution in [-0.4, -0.2) is 7.11 Å². The zero-order valence-corrected chi connectivity index (χ0v) is 11.3. The van der Waals surface area contributed by atoms with E-state index in [4.69, 9.17) is 4.84 Å². The van der Waals surface area contributed by atoms with Gasteiger partial charge in [0.05, 0.1) is 7.11 Å². The van der Waals surface area contributed by atoms with Crippen LogP contribution in [0, 0.1) is 0 Å². The van der Waals surface area contributed by atoms with Crippen LogP contribution in [-0.2, 0) is 16.7 Å². The van der Waals surface area contributed by atoms with Gasteiger partial charge in [-0.05, 0) is 29.4 Å². The molecule has 17 heavy (non-hydrogen) atoms. The Morgan fingerprint density at radius 1 is 1.18 bits per heavy atom. The number of hydrogen-bond acceptors (Lipinski definition) is 2. The molecule has 0 aliphatic rings. The summed E-state index contributed by atoms with van der Waals surface area (Å²) < 4.78 is 0. The van der Waals surface area contributed by atoms with Crippen LogP contribution in [0.3, 0.4) is 0 Å². The molecule has 0 atom stereocenters. The Morgan fingerprint density at radius 3 is 2.35 bits per heavy atom. The molecule has 2 nitrogen and oxygen atoms in total. The van der Waals surface area contributed by atoms with Crippen molar-refractivity contribution in [3.8, 4) is 0 Å². The largest absolute Gasteiger partial charge is 0.280 e. The van der Waals surface area contributed by atoms with Crippen molar-refractivity contribution >= 4 is 0 Å². The summed E-state index contributed by atoms with van der Waals surface area (Å²) in [4.78, 5) is 4.71. The van der Waals surface area contributed by atoms with Crippen molar-refractivity contribution in [2.45, 2.75) is 39.0 Å². The van der Waals surface area contributed by atoms with Crippen molar-refractivity contribution < 1.29 is 4.84 Å². The first-order chi connectivity index (χ1) is 8.04. The second-order valence-electron chi connectivity index (χ2n) is 5.21. The predicted molar refractivity (Wildman–Crippen MR) is 72.7 cm³/mol. The first kappa shape index (κ1) is 13.8. The molecule has 94 valence electrons. The van der Waals surface area contributed by atoms with Crippen molar-refractivity contribution in [1.82, 2.24) is 5.48 Å². The van der Waals surface area contributed by atoms with Crippen LogP contribution >= 0.6 is 0 Å². The molecule has 0 fully saturated rings. The fourth-order valence-corrected chi connectivity index (χ4v) is 1.62. The summed E-state index contributed by atoms with van der Waals surface area (Å²) in [5, 5.41) is 0. The normalized spacial score (nSPS) is 12.0. The Kier molecular flexibility index (Phi) is 5.23. The third-order valence-corrected chi connectivity index (χ3v) is 2.72. The van der Waals surface area contributed by atoms with Crippen molar-refractivity contribution in [1.29, 1.82) is 0 Å². The highest BCUT2D eigenvalue weighted by atomic mass is 16.6. The van der Waals surface area contributed by atoms with Gasteiger partial charge in [-0.2, -0.15) is 0 Å². The van der Waals surface area contributed by atoms with Gasteiger partial charge in [0, 0.05) is 6.20 Å². The summed E-state index contributed by atoms with van der Waals surface area (Å²) in [6.07, 6.45) is 5.97. The maximum atomic E-state index is 4.71. The number of nitrogens with one attached hydrogen (secondary N) is 1. The molecule has 0 saturated heterocycles. The summed E-state index contributed by atoms with van der Waals surface area (Å²) in [5.41, 5.74) is 5.68. The van der Waals surface area contributed by atoms with Crippen LogP contribution < -0.4 is 5.48 Å². The van der Waals surface area contributed by atoms with E-state index in [9.17, 15) is 0 Å². The summed E-state index contributed by atoms with van der Waals surface area (Å²) in [5.74, 6) is 0. The SMILES string of the molecule is CONC=CCCc1ccc(C(C)(C)C)cc1. The standard InChI is InChI=1S/C15H23NO/c1-15(2,3)14-10-8-13(9-11-14)7-5-6-12-16-17-4/h6,8-12,16H,5,7H2,1-4H3. The second-order valence-corrected chi connectivity index (χ2v) is 5.21. The van der Waals surface area contributed by atoms with E-state index in [1.807, 2.05) is 6.20 Å². The molecule has 1 N–H and O–H groups in total. The van der Waals surface area contributed by atoms with Crippen LogP contribution in [0.4, 0.5) is 0 Å². The Morgan fingerprint density at radius 2 is 1.82 bits per heavy atom. The molecule has 0 aromatic heterocycles. The van der Waals surface area contributed by atoms with E-state index < -0.39 is 0 Å². The summed E-state index contributed by atoms with van der Waals surface area (Å²) in [6, 6.07) is 8.90. The fraction of sp³-hybridized carbons (Fsp3) is 0.467. The number of rotatable bonds is 5. The lowest BCUT2D eigenvalue weighted by Gasteiger charge is -2.19. The first-order valence-corrected chi connectivity index (χ1v) is 6.07. The molecule has 0 spiro atoms. The lowest BCUT2D eigenvalue weighted by atomic mass is 9.86. The third-order valence-electron chi connectivity index (χ3n) is 2.72. The van der Waals surface area contributed by atoms with Gasteiger partial charge >= 0.3 is 0 Å². The van der Waals surface area contributed by atoms with E-state index in [1.165, 1.54) is 11.1 Å². The van der Waals surface area contributed by atoms with E-state index in [1.54, 1.807) is 7.11 Å². The number of benzene rings is 1. The van der Waals surface area contributed by atoms with Gasteiger partial charge in [0.1, 0.15) is 0 Å². The molecule has 1 aromatic rings. The molecule has 1 aromatic carbocycles. The molecular weight excluding hydrogens is 210 g/mol. The van der Waals surface area contributed by atoms with Crippen molar-refractivity contribution in [2.75, 3.05) is 7.11 Å². The highest BCUT2D eigenvalue weighted by molar-refractivity contribution is 5.27. The predicted octanol–water partition coefficient (Wildman–Crippen LogP) is 3.58. The number of hydrogen-bond donors (Lipinski definition) is 1. The van der Waals surface area contributed by atoms with Gasteiger partial charge in [-0.3, -0.25) is 10.3 Å². The monoisotopic (exact) mass is 233 g/mol. The maximum Gasteiger partial charge on any atom is 0.0636 e. The Hall–Kier alpha value is -1.28. The fourth-order valence-electron chi connectivity index (χ4n) is 1.62. The van der Waals surface area contributed by atoms with Gasteiger partial charge in [0.25, 0.3) is 0 Å². The molecule has 0 unspecified atom stereocenters. The van der Waals surface area contributed by atoms with Crippen LogP contribution in [0.15, 0.2) is 36.5 Å². The van der Waals surface area contributed by atoms with Crippen LogP contribution in [0.2, 0.25) is 0 Å². The topological polar surface area (TPSA) is 21.3 Å². The highest BCUT2D eigenvalue weighted by Crippen LogP contribution is 2.22. The van der Waals surface area contributed by atoms with E-state index >= 15 is 0 Å². The zero-order valence-electron chi connectivity index (χ0n) is 11.3. The molecule has 0 aliphatic carbocycles. The molecule has 0 aliphatic heterocycles. The van der Waals surface area contributed by atoms with E-state index in [0.717, 1.165) is 12.8 Å². The van der Waals surface area contributed by atoms with Crippen molar-refractivity contribution in [3.63, 3.8) is 0 Å². The first-order valence-electron chi connectivity index (χ1n) is 6.07. The lowest BCUT2D eigenvalue weighted by molar-refractivity contribution is 0.128. The van der Waals surface area contributed by atoms with E-state index in [0.29, 0.717) is 0 Å². The number of aryl methyl sites for hydroxylation is 1. The molecule has 0 amide bonds. The van der Waals surface area contributed by atoms with Gasteiger partial charge in [0.2, 0.25) is 0 Å². The summed E-state index contributed by atoms with van der Waals surface area (Å²) >= 11 is 0. The maximum absolute atomic E-state index is 4.71. The summed E-state index contributed by atoms with van der Waals surface area (Å²) in [6.45, 7) is 6.71. The smallest absolute Gasteiger partial charge is 0.0636 e. The molecule has 0 radical (unpaired) electrons.